The van der Waals surface area contributed by atoms with Gasteiger partial charge in [-0.3, -0.25) is 4.90 Å². The molecule has 0 aromatic heterocycles. The molecule has 3 atom stereocenters. The molecule has 0 spiro atoms. The van der Waals surface area contributed by atoms with Crippen LogP contribution in [-0.4, -0.2) is 30.6 Å². The van der Waals surface area contributed by atoms with E-state index in [-0.39, 0.29) is 0 Å². The van der Waals surface area contributed by atoms with Crippen LogP contribution in [0.5, 0.6) is 0 Å². The zero-order chi connectivity index (χ0) is 15.8. The molecule has 0 aliphatic rings. The van der Waals surface area contributed by atoms with Crippen molar-refractivity contribution < 1.29 is 0 Å². The van der Waals surface area contributed by atoms with Crippen LogP contribution in [0.25, 0.3) is 0 Å². The van der Waals surface area contributed by atoms with Crippen LogP contribution in [0.2, 0.25) is 0 Å². The molecule has 21 heavy (non-hydrogen) atoms. The Morgan fingerprint density at radius 3 is 2.14 bits per heavy atom. The molecule has 1 aromatic carbocycles. The van der Waals surface area contributed by atoms with E-state index in [1.165, 1.54) is 24.0 Å². The molecule has 0 saturated heterocycles. The van der Waals surface area contributed by atoms with Crippen LogP contribution < -0.4 is 5.32 Å². The van der Waals surface area contributed by atoms with Crippen molar-refractivity contribution >= 4 is 0 Å². The van der Waals surface area contributed by atoms with Crippen molar-refractivity contribution in [2.24, 2.45) is 0 Å². The van der Waals surface area contributed by atoms with Gasteiger partial charge >= 0.3 is 0 Å². The van der Waals surface area contributed by atoms with Gasteiger partial charge in [-0.25, -0.2) is 0 Å². The summed E-state index contributed by atoms with van der Waals surface area (Å²) in [6, 6.07) is 10.6. The van der Waals surface area contributed by atoms with Crippen LogP contribution in [0.1, 0.15) is 64.6 Å². The largest absolute Gasteiger partial charge is 0.309 e. The normalized spacial score (nSPS) is 16.0. The Bertz CT molecular complexity index is 385. The maximum absolute atomic E-state index is 3.74. The topological polar surface area (TPSA) is 15.3 Å². The molecule has 2 heteroatoms. The van der Waals surface area contributed by atoms with E-state index >= 15 is 0 Å². The van der Waals surface area contributed by atoms with E-state index in [4.69, 9.17) is 0 Å². The zero-order valence-corrected chi connectivity index (χ0v) is 14.8. The van der Waals surface area contributed by atoms with Gasteiger partial charge < -0.3 is 5.32 Å². The summed E-state index contributed by atoms with van der Waals surface area (Å²) in [6.45, 7) is 12.4. The average molecular weight is 290 g/mol. The Kier molecular flexibility index (Phi) is 7.98. The van der Waals surface area contributed by atoms with Gasteiger partial charge in [0.15, 0.2) is 0 Å². The number of nitrogens with one attached hydrogen (secondary N) is 1. The number of hydrogen-bond acceptors (Lipinski definition) is 2. The zero-order valence-electron chi connectivity index (χ0n) is 14.8. The van der Waals surface area contributed by atoms with E-state index in [1.54, 1.807) is 0 Å². The molecule has 120 valence electrons. The molecule has 0 amide bonds. The van der Waals surface area contributed by atoms with Gasteiger partial charge in [-0.1, -0.05) is 45.0 Å². The number of rotatable bonds is 9. The van der Waals surface area contributed by atoms with Crippen LogP contribution in [-0.2, 0) is 6.42 Å². The highest BCUT2D eigenvalue weighted by Crippen LogP contribution is 2.23. The summed E-state index contributed by atoms with van der Waals surface area (Å²) >= 11 is 0. The van der Waals surface area contributed by atoms with Gasteiger partial charge in [0.05, 0.1) is 0 Å². The Hall–Kier alpha value is -0.860. The molecule has 1 rings (SSSR count). The summed E-state index contributed by atoms with van der Waals surface area (Å²) in [5.41, 5.74) is 2.82. The van der Waals surface area contributed by atoms with Gasteiger partial charge in [0.2, 0.25) is 0 Å². The summed E-state index contributed by atoms with van der Waals surface area (Å²) in [7, 11) is 2.25. The number of nitrogens with zero attached hydrogens (tertiary/aromatic N) is 1. The highest BCUT2D eigenvalue weighted by Gasteiger charge is 2.24. The fraction of sp³-hybridized carbons (Fsp3) is 0.684. The number of benzene rings is 1. The molecule has 0 aliphatic heterocycles. The molecular formula is C19H34N2. The third-order valence-corrected chi connectivity index (χ3v) is 4.77. The first-order valence-corrected chi connectivity index (χ1v) is 8.59. The Morgan fingerprint density at radius 1 is 1.05 bits per heavy atom. The summed E-state index contributed by atoms with van der Waals surface area (Å²) in [4.78, 5) is 2.50. The van der Waals surface area contributed by atoms with Crippen LogP contribution in [0.3, 0.4) is 0 Å². The lowest BCUT2D eigenvalue weighted by atomic mass is 9.96. The minimum Gasteiger partial charge on any atom is -0.309 e. The molecule has 0 heterocycles. The first-order valence-electron chi connectivity index (χ1n) is 8.59. The van der Waals surface area contributed by atoms with Crippen molar-refractivity contribution in [2.45, 2.75) is 72.0 Å². The van der Waals surface area contributed by atoms with E-state index in [1.807, 2.05) is 0 Å². The molecule has 2 nitrogen and oxygen atoms in total. The third kappa shape index (κ3) is 5.12. The third-order valence-electron chi connectivity index (χ3n) is 4.77. The number of likely N-dealkylation sites (N-methyl/N-ethyl adjacent to an activating group) is 1. The predicted molar refractivity (Wildman–Crippen MR) is 93.8 cm³/mol. The second-order valence-corrected chi connectivity index (χ2v) is 6.19. The molecule has 0 saturated carbocycles. The fourth-order valence-corrected chi connectivity index (χ4v) is 2.75. The van der Waals surface area contributed by atoms with Crippen molar-refractivity contribution in [3.05, 3.63) is 35.4 Å². The van der Waals surface area contributed by atoms with Gasteiger partial charge in [-0.2, -0.15) is 0 Å². The Labute approximate surface area is 131 Å². The van der Waals surface area contributed by atoms with Gasteiger partial charge in [-0.15, -0.1) is 0 Å². The first-order chi connectivity index (χ1) is 10.0. The van der Waals surface area contributed by atoms with Crippen molar-refractivity contribution in [1.29, 1.82) is 0 Å². The van der Waals surface area contributed by atoms with Crippen LogP contribution in [0.4, 0.5) is 0 Å². The SMILES string of the molecule is CCCNC(c1ccc(CC)cc1)C(C)N(C)C(C)CC. The summed E-state index contributed by atoms with van der Waals surface area (Å²) in [5, 5.41) is 3.74. The molecule has 0 radical (unpaired) electrons. The van der Waals surface area contributed by atoms with E-state index in [0.29, 0.717) is 18.1 Å². The van der Waals surface area contributed by atoms with E-state index in [2.05, 4.69) is 76.1 Å². The van der Waals surface area contributed by atoms with E-state index in [0.717, 1.165) is 13.0 Å². The van der Waals surface area contributed by atoms with Crippen LogP contribution >= 0.6 is 0 Å². The molecule has 1 aromatic rings. The van der Waals surface area contributed by atoms with Crippen molar-refractivity contribution in [3.8, 4) is 0 Å². The molecule has 0 fully saturated rings. The molecule has 0 bridgehead atoms. The van der Waals surface area contributed by atoms with Crippen LogP contribution in [0.15, 0.2) is 24.3 Å². The second kappa shape index (κ2) is 9.22. The smallest absolute Gasteiger partial charge is 0.0475 e. The number of hydrogen-bond donors (Lipinski definition) is 1. The lowest BCUT2D eigenvalue weighted by Gasteiger charge is -2.36. The van der Waals surface area contributed by atoms with E-state index < -0.39 is 0 Å². The lowest BCUT2D eigenvalue weighted by Crippen LogP contribution is -2.45. The monoisotopic (exact) mass is 290 g/mol. The molecule has 3 unspecified atom stereocenters. The summed E-state index contributed by atoms with van der Waals surface area (Å²) in [6.07, 6.45) is 3.47. The van der Waals surface area contributed by atoms with Crippen molar-refractivity contribution in [1.82, 2.24) is 10.2 Å². The fourth-order valence-electron chi connectivity index (χ4n) is 2.75. The predicted octanol–water partition coefficient (Wildman–Crippen LogP) is 4.41. The van der Waals surface area contributed by atoms with Gasteiger partial charge in [0, 0.05) is 18.1 Å². The highest BCUT2D eigenvalue weighted by molar-refractivity contribution is 5.26. The van der Waals surface area contributed by atoms with Crippen LogP contribution in [0, 0.1) is 0 Å². The Balaban J connectivity index is 2.92. The quantitative estimate of drug-likeness (QED) is 0.725. The van der Waals surface area contributed by atoms with E-state index in [9.17, 15) is 0 Å². The number of aryl methyl sites for hydroxylation is 1. The molecular weight excluding hydrogens is 256 g/mol. The second-order valence-electron chi connectivity index (χ2n) is 6.19. The highest BCUT2D eigenvalue weighted by atomic mass is 15.2. The minimum atomic E-state index is 0.398. The minimum absolute atomic E-state index is 0.398. The maximum atomic E-state index is 3.74. The maximum Gasteiger partial charge on any atom is 0.0475 e. The average Bonchev–Trinajstić information content (AvgIpc) is 2.54. The molecule has 1 N–H and O–H groups in total. The van der Waals surface area contributed by atoms with Crippen molar-refractivity contribution in [3.63, 3.8) is 0 Å². The molecule has 0 aliphatic carbocycles. The van der Waals surface area contributed by atoms with Gasteiger partial charge in [0.1, 0.15) is 0 Å². The van der Waals surface area contributed by atoms with Gasteiger partial charge in [-0.05, 0) is 57.8 Å². The standard InChI is InChI=1S/C19H34N2/c1-7-14-20-19(16(5)21(6)15(4)8-2)18-12-10-17(9-3)11-13-18/h10-13,15-16,19-20H,7-9,14H2,1-6H3. The summed E-state index contributed by atoms with van der Waals surface area (Å²) in [5.74, 6) is 0. The van der Waals surface area contributed by atoms with Gasteiger partial charge in [0.25, 0.3) is 0 Å². The first kappa shape index (κ1) is 18.2. The Morgan fingerprint density at radius 2 is 1.67 bits per heavy atom. The summed E-state index contributed by atoms with van der Waals surface area (Å²) < 4.78 is 0. The van der Waals surface area contributed by atoms with Crippen molar-refractivity contribution in [2.75, 3.05) is 13.6 Å². The lowest BCUT2D eigenvalue weighted by molar-refractivity contribution is 0.155.